The maximum absolute atomic E-state index is 10.2. The van der Waals surface area contributed by atoms with E-state index in [-0.39, 0.29) is 30.7 Å². The molecule has 0 aliphatic heterocycles. The summed E-state index contributed by atoms with van der Waals surface area (Å²) in [6, 6.07) is 0. The van der Waals surface area contributed by atoms with Crippen molar-refractivity contribution in [2.24, 2.45) is 0 Å². The van der Waals surface area contributed by atoms with Crippen LogP contribution in [-0.2, 0) is 21.6 Å². The number of aliphatic hydroxyl groups excluding tert-OH is 1. The second-order valence-electron chi connectivity index (χ2n) is 5.89. The SMILES string of the molecule is CCCCCCC(O)C/C=C\CCCCCCCC(=O)[O-].[Co].[HH]. The molecule has 1 unspecified atom stereocenters. The number of unbranched alkanes of at least 4 members (excludes halogenated alkanes) is 8. The van der Waals surface area contributed by atoms with Crippen LogP contribution >= 0.6 is 0 Å². The monoisotopic (exact) mass is 358 g/mol. The summed E-state index contributed by atoms with van der Waals surface area (Å²) in [6.45, 7) is 2.20. The zero-order valence-corrected chi connectivity index (χ0v) is 15.1. The van der Waals surface area contributed by atoms with E-state index in [0.29, 0.717) is 0 Å². The number of carbonyl (C=O) groups is 1. The van der Waals surface area contributed by atoms with Crippen molar-refractivity contribution in [3.05, 3.63) is 12.2 Å². The standard InChI is InChI=1S/C18H34O3.Co.H2/c1-2-3-4-11-14-17(19)15-12-9-7-5-6-8-10-13-16-18(20)21;;/h9,12,17,19H,2-8,10-11,13-16H2,1H3,(H,20,21);;1H/p-1/b12-9-;;. The number of hydrogen-bond acceptors (Lipinski definition) is 3. The van der Waals surface area contributed by atoms with Crippen LogP contribution in [0.4, 0.5) is 0 Å². The second kappa shape index (κ2) is 18.7. The first kappa shape index (κ1) is 23.9. The fourth-order valence-electron chi connectivity index (χ4n) is 2.36. The van der Waals surface area contributed by atoms with Gasteiger partial charge in [-0.25, -0.2) is 0 Å². The van der Waals surface area contributed by atoms with Gasteiger partial charge in [0.2, 0.25) is 0 Å². The van der Waals surface area contributed by atoms with Gasteiger partial charge in [-0.05, 0) is 38.5 Å². The van der Waals surface area contributed by atoms with Crippen LogP contribution in [-0.4, -0.2) is 17.2 Å². The zero-order chi connectivity index (χ0) is 15.8. The summed E-state index contributed by atoms with van der Waals surface area (Å²) in [4.78, 5) is 10.2. The molecule has 0 fully saturated rings. The number of aliphatic hydroxyl groups is 1. The molecule has 0 amide bonds. The van der Waals surface area contributed by atoms with E-state index in [1.807, 2.05) is 0 Å². The van der Waals surface area contributed by atoms with E-state index in [4.69, 9.17) is 0 Å². The molecule has 0 bridgehead atoms. The van der Waals surface area contributed by atoms with E-state index in [0.717, 1.165) is 57.8 Å². The number of carboxylic acids is 1. The van der Waals surface area contributed by atoms with E-state index < -0.39 is 5.97 Å². The average molecular weight is 358 g/mol. The third-order valence-electron chi connectivity index (χ3n) is 3.72. The molecule has 0 rings (SSSR count). The van der Waals surface area contributed by atoms with E-state index in [1.54, 1.807) is 0 Å². The van der Waals surface area contributed by atoms with Crippen molar-refractivity contribution in [1.82, 2.24) is 0 Å². The summed E-state index contributed by atoms with van der Waals surface area (Å²) in [6.07, 6.45) is 17.0. The van der Waals surface area contributed by atoms with E-state index >= 15 is 0 Å². The Hall–Kier alpha value is -0.324. The Morgan fingerprint density at radius 3 is 2.36 bits per heavy atom. The van der Waals surface area contributed by atoms with Crippen LogP contribution in [0.3, 0.4) is 0 Å². The zero-order valence-electron chi connectivity index (χ0n) is 14.0. The Kier molecular flexibility index (Phi) is 20.4. The van der Waals surface area contributed by atoms with Gasteiger partial charge in [-0.1, -0.05) is 64.0 Å². The summed E-state index contributed by atoms with van der Waals surface area (Å²) in [7, 11) is 0. The Morgan fingerprint density at radius 2 is 1.68 bits per heavy atom. The third-order valence-corrected chi connectivity index (χ3v) is 3.72. The first-order chi connectivity index (χ1) is 10.2. The largest absolute Gasteiger partial charge is 0.550 e. The van der Waals surface area contributed by atoms with Crippen LogP contribution in [0.15, 0.2) is 12.2 Å². The molecule has 1 radical (unpaired) electrons. The number of carboxylic acid groups (broad SMARTS) is 1. The molecule has 22 heavy (non-hydrogen) atoms. The minimum atomic E-state index is -0.939. The van der Waals surface area contributed by atoms with Crippen LogP contribution in [0.2, 0.25) is 0 Å². The summed E-state index contributed by atoms with van der Waals surface area (Å²) in [5.41, 5.74) is 0. The van der Waals surface area contributed by atoms with Crippen LogP contribution in [0.25, 0.3) is 0 Å². The summed E-state index contributed by atoms with van der Waals surface area (Å²) >= 11 is 0. The Balaban J connectivity index is -0.00000200. The van der Waals surface area contributed by atoms with Crippen molar-refractivity contribution in [1.29, 1.82) is 0 Å². The number of allylic oxidation sites excluding steroid dienone is 1. The first-order valence-corrected chi connectivity index (χ1v) is 8.69. The van der Waals surface area contributed by atoms with Crippen molar-refractivity contribution in [3.63, 3.8) is 0 Å². The fraction of sp³-hybridized carbons (Fsp3) is 0.833. The van der Waals surface area contributed by atoms with Gasteiger partial charge in [0.1, 0.15) is 0 Å². The second-order valence-corrected chi connectivity index (χ2v) is 5.89. The molecule has 3 nitrogen and oxygen atoms in total. The molecule has 1 atom stereocenters. The molecule has 1 N–H and O–H groups in total. The molecule has 0 aromatic heterocycles. The Labute approximate surface area is 148 Å². The van der Waals surface area contributed by atoms with Gasteiger partial charge in [-0.3, -0.25) is 0 Å². The molecule has 0 aliphatic carbocycles. The molecule has 4 heteroatoms. The van der Waals surface area contributed by atoms with Gasteiger partial charge in [0, 0.05) is 24.2 Å². The smallest absolute Gasteiger partial charge is 0.0574 e. The maximum atomic E-state index is 10.2. The number of aliphatic carboxylic acids is 1. The van der Waals surface area contributed by atoms with Gasteiger partial charge in [-0.2, -0.15) is 0 Å². The van der Waals surface area contributed by atoms with Crippen molar-refractivity contribution < 1.29 is 33.2 Å². The molecule has 0 saturated carbocycles. The summed E-state index contributed by atoms with van der Waals surface area (Å²) < 4.78 is 0. The Bertz CT molecular complexity index is 273. The van der Waals surface area contributed by atoms with Crippen LogP contribution in [0, 0.1) is 0 Å². The van der Waals surface area contributed by atoms with Gasteiger partial charge >= 0.3 is 0 Å². The summed E-state index contributed by atoms with van der Waals surface area (Å²) in [5, 5.41) is 20.0. The van der Waals surface area contributed by atoms with E-state index in [1.165, 1.54) is 19.3 Å². The van der Waals surface area contributed by atoms with Crippen molar-refractivity contribution in [2.75, 3.05) is 0 Å². The molecule has 0 spiro atoms. The topological polar surface area (TPSA) is 60.4 Å². The molecule has 135 valence electrons. The quantitative estimate of drug-likeness (QED) is 0.356. The number of carbonyl (C=O) groups excluding carboxylic acids is 1. The molecular formula is C18H35CoO3-. The van der Waals surface area contributed by atoms with E-state index in [2.05, 4.69) is 19.1 Å². The summed E-state index contributed by atoms with van der Waals surface area (Å²) in [5.74, 6) is -0.939. The first-order valence-electron chi connectivity index (χ1n) is 8.69. The van der Waals surface area contributed by atoms with Gasteiger partial charge in [0.05, 0.1) is 6.10 Å². The van der Waals surface area contributed by atoms with Gasteiger partial charge < -0.3 is 15.0 Å². The third kappa shape index (κ3) is 19.7. The number of hydrogen-bond donors (Lipinski definition) is 1. The maximum Gasteiger partial charge on any atom is 0.0574 e. The minimum Gasteiger partial charge on any atom is -0.550 e. The van der Waals surface area contributed by atoms with Gasteiger partial charge in [0.15, 0.2) is 0 Å². The van der Waals surface area contributed by atoms with Crippen molar-refractivity contribution in [3.8, 4) is 0 Å². The minimum absolute atomic E-state index is 0. The van der Waals surface area contributed by atoms with Crippen LogP contribution in [0.5, 0.6) is 0 Å². The molecule has 0 aromatic carbocycles. The fourth-order valence-corrected chi connectivity index (χ4v) is 2.36. The molecule has 0 aliphatic rings. The van der Waals surface area contributed by atoms with E-state index in [9.17, 15) is 15.0 Å². The Morgan fingerprint density at radius 1 is 1.05 bits per heavy atom. The van der Waals surface area contributed by atoms with Crippen LogP contribution in [0.1, 0.15) is 91.8 Å². The molecular weight excluding hydrogens is 323 g/mol. The normalized spacial score (nSPS) is 12.3. The molecule has 0 aromatic rings. The van der Waals surface area contributed by atoms with Crippen LogP contribution < -0.4 is 5.11 Å². The predicted molar refractivity (Wildman–Crippen MR) is 88.0 cm³/mol. The number of rotatable bonds is 15. The molecule has 0 saturated heterocycles. The van der Waals surface area contributed by atoms with Gasteiger partial charge in [-0.15, -0.1) is 0 Å². The molecule has 0 heterocycles. The predicted octanol–water partition coefficient (Wildman–Crippen LogP) is 3.99. The van der Waals surface area contributed by atoms with Gasteiger partial charge in [0.25, 0.3) is 0 Å². The average Bonchev–Trinajstić information content (AvgIpc) is 2.45. The van der Waals surface area contributed by atoms with Crippen molar-refractivity contribution in [2.45, 2.75) is 96.5 Å². The van der Waals surface area contributed by atoms with Crippen molar-refractivity contribution >= 4 is 5.97 Å².